The van der Waals surface area contributed by atoms with Crippen molar-refractivity contribution >= 4 is 11.8 Å². The van der Waals surface area contributed by atoms with Gasteiger partial charge in [0.2, 0.25) is 0 Å². The van der Waals surface area contributed by atoms with E-state index in [4.69, 9.17) is 15.2 Å². The Balaban J connectivity index is 2.33. The fraction of sp³-hybridized carbons (Fsp3) is 0.389. The lowest BCUT2D eigenvalue weighted by Crippen LogP contribution is -2.17. The Morgan fingerprint density at radius 2 is 2.12 bits per heavy atom. The Labute approximate surface area is 147 Å². The van der Waals surface area contributed by atoms with Crippen molar-refractivity contribution in [3.63, 3.8) is 0 Å². The molecule has 0 amide bonds. The molecule has 0 aliphatic heterocycles. The molecule has 0 unspecified atom stereocenters. The molecule has 1 aromatic carbocycles. The predicted octanol–water partition coefficient (Wildman–Crippen LogP) is 2.93. The second kappa shape index (κ2) is 7.26. The van der Waals surface area contributed by atoms with E-state index in [1.165, 1.54) is 10.9 Å². The Morgan fingerprint density at radius 1 is 1.40 bits per heavy atom. The summed E-state index contributed by atoms with van der Waals surface area (Å²) >= 11 is 0. The lowest BCUT2D eigenvalue weighted by Gasteiger charge is -2.19. The van der Waals surface area contributed by atoms with Crippen LogP contribution in [0, 0.1) is 16.7 Å². The summed E-state index contributed by atoms with van der Waals surface area (Å²) in [6.45, 7) is 8.60. The van der Waals surface area contributed by atoms with Crippen molar-refractivity contribution in [2.24, 2.45) is 5.41 Å². The Hall–Kier alpha value is -3.01. The monoisotopic (exact) mass is 342 g/mol. The Bertz CT molecular complexity index is 813. The van der Waals surface area contributed by atoms with Crippen LogP contribution in [0.25, 0.3) is 5.69 Å². The maximum Gasteiger partial charge on any atom is 0.343 e. The van der Waals surface area contributed by atoms with E-state index in [-0.39, 0.29) is 23.4 Å². The molecule has 2 N–H and O–H groups in total. The number of rotatable bonds is 5. The number of hydrogen-bond donors (Lipinski definition) is 1. The quantitative estimate of drug-likeness (QED) is 0.838. The molecule has 132 valence electrons. The van der Waals surface area contributed by atoms with E-state index in [0.717, 1.165) is 0 Å². The molecule has 2 aromatic rings. The first-order chi connectivity index (χ1) is 11.8. The van der Waals surface area contributed by atoms with Gasteiger partial charge in [-0.05, 0) is 30.5 Å². The molecule has 0 radical (unpaired) electrons. The number of nitriles is 1. The number of esters is 1. The highest BCUT2D eigenvalue weighted by Gasteiger charge is 2.18. The average Bonchev–Trinajstić information content (AvgIpc) is 2.94. The van der Waals surface area contributed by atoms with Crippen LogP contribution in [0.2, 0.25) is 0 Å². The van der Waals surface area contributed by atoms with Gasteiger partial charge in [0, 0.05) is 0 Å². The van der Waals surface area contributed by atoms with Crippen LogP contribution in [0.5, 0.6) is 5.75 Å². The van der Waals surface area contributed by atoms with E-state index in [1.807, 2.05) is 0 Å². The standard InChI is InChI=1S/C18H22N4O3/c1-5-24-17(23)14-10-21-22(16(14)20)13-6-7-15(12(8-13)9-19)25-11-18(2,3)4/h6-8,10H,5,11,20H2,1-4H3. The molecule has 0 spiro atoms. The number of nitrogens with zero attached hydrogens (tertiary/aromatic N) is 3. The summed E-state index contributed by atoms with van der Waals surface area (Å²) in [7, 11) is 0. The summed E-state index contributed by atoms with van der Waals surface area (Å²) in [6.07, 6.45) is 1.35. The molecular weight excluding hydrogens is 320 g/mol. The van der Waals surface area contributed by atoms with Gasteiger partial charge in [0.1, 0.15) is 23.2 Å². The van der Waals surface area contributed by atoms with E-state index < -0.39 is 5.97 Å². The average molecular weight is 342 g/mol. The minimum absolute atomic E-state index is 0.0215. The van der Waals surface area contributed by atoms with E-state index in [0.29, 0.717) is 23.6 Å². The molecule has 7 nitrogen and oxygen atoms in total. The van der Waals surface area contributed by atoms with Crippen molar-refractivity contribution < 1.29 is 14.3 Å². The van der Waals surface area contributed by atoms with Gasteiger partial charge in [0.15, 0.2) is 0 Å². The molecule has 0 fully saturated rings. The number of carbonyl (C=O) groups excluding carboxylic acids is 1. The van der Waals surface area contributed by atoms with Gasteiger partial charge in [-0.2, -0.15) is 10.4 Å². The minimum atomic E-state index is -0.531. The van der Waals surface area contributed by atoms with Crippen molar-refractivity contribution in [2.45, 2.75) is 27.7 Å². The third-order valence-electron chi connectivity index (χ3n) is 3.29. The summed E-state index contributed by atoms with van der Waals surface area (Å²) in [4.78, 5) is 11.8. The molecule has 1 aromatic heterocycles. The van der Waals surface area contributed by atoms with Gasteiger partial charge in [-0.1, -0.05) is 20.8 Å². The Morgan fingerprint density at radius 3 is 2.72 bits per heavy atom. The van der Waals surface area contributed by atoms with Crippen LogP contribution in [-0.4, -0.2) is 29.0 Å². The summed E-state index contributed by atoms with van der Waals surface area (Å²) in [5.41, 5.74) is 7.10. The van der Waals surface area contributed by atoms with Crippen LogP contribution in [0.1, 0.15) is 43.6 Å². The van der Waals surface area contributed by atoms with Gasteiger partial charge in [-0.25, -0.2) is 9.48 Å². The normalized spacial score (nSPS) is 11.0. The fourth-order valence-corrected chi connectivity index (χ4v) is 2.09. The number of benzene rings is 1. The third-order valence-corrected chi connectivity index (χ3v) is 3.29. The van der Waals surface area contributed by atoms with Crippen molar-refractivity contribution in [2.75, 3.05) is 18.9 Å². The molecule has 1 heterocycles. The molecule has 2 rings (SSSR count). The molecule has 0 saturated heterocycles. The van der Waals surface area contributed by atoms with Gasteiger partial charge in [-0.15, -0.1) is 0 Å². The first-order valence-electron chi connectivity index (χ1n) is 7.94. The number of hydrogen-bond acceptors (Lipinski definition) is 6. The van der Waals surface area contributed by atoms with E-state index in [9.17, 15) is 10.1 Å². The highest BCUT2D eigenvalue weighted by atomic mass is 16.5. The molecule has 0 atom stereocenters. The second-order valence-electron chi connectivity index (χ2n) is 6.72. The van der Waals surface area contributed by atoms with Gasteiger partial charge >= 0.3 is 5.97 Å². The van der Waals surface area contributed by atoms with Crippen molar-refractivity contribution in [1.82, 2.24) is 9.78 Å². The zero-order valence-electron chi connectivity index (χ0n) is 14.9. The van der Waals surface area contributed by atoms with Gasteiger partial charge in [0.05, 0.1) is 30.7 Å². The Kier molecular flexibility index (Phi) is 5.32. The van der Waals surface area contributed by atoms with Crippen LogP contribution < -0.4 is 10.5 Å². The van der Waals surface area contributed by atoms with Gasteiger partial charge in [-0.3, -0.25) is 0 Å². The van der Waals surface area contributed by atoms with Crippen LogP contribution in [0.15, 0.2) is 24.4 Å². The summed E-state index contributed by atoms with van der Waals surface area (Å²) in [5.74, 6) is 0.125. The number of aromatic nitrogens is 2. The van der Waals surface area contributed by atoms with E-state index >= 15 is 0 Å². The van der Waals surface area contributed by atoms with Crippen molar-refractivity contribution in [3.05, 3.63) is 35.5 Å². The maximum absolute atomic E-state index is 11.8. The summed E-state index contributed by atoms with van der Waals surface area (Å²) in [5, 5.41) is 13.5. The van der Waals surface area contributed by atoms with Crippen molar-refractivity contribution in [3.8, 4) is 17.5 Å². The molecule has 0 aliphatic carbocycles. The molecule has 7 heteroatoms. The first kappa shape index (κ1) is 18.3. The van der Waals surface area contributed by atoms with E-state index in [2.05, 4.69) is 31.9 Å². The number of nitrogens with two attached hydrogens (primary N) is 1. The highest BCUT2D eigenvalue weighted by molar-refractivity contribution is 5.94. The zero-order valence-corrected chi connectivity index (χ0v) is 14.9. The summed E-state index contributed by atoms with van der Waals surface area (Å²) < 4.78 is 12.1. The van der Waals surface area contributed by atoms with Gasteiger partial charge < -0.3 is 15.2 Å². The smallest absolute Gasteiger partial charge is 0.343 e. The van der Waals surface area contributed by atoms with Crippen LogP contribution in [-0.2, 0) is 4.74 Å². The predicted molar refractivity (Wildman–Crippen MR) is 93.6 cm³/mol. The summed E-state index contributed by atoms with van der Waals surface area (Å²) in [6, 6.07) is 7.17. The van der Waals surface area contributed by atoms with Crippen LogP contribution >= 0.6 is 0 Å². The SMILES string of the molecule is CCOC(=O)c1cnn(-c2ccc(OCC(C)(C)C)c(C#N)c2)c1N. The molecule has 0 saturated carbocycles. The second-order valence-corrected chi connectivity index (χ2v) is 6.72. The first-order valence-corrected chi connectivity index (χ1v) is 7.94. The number of nitrogen functional groups attached to an aromatic ring is 1. The highest BCUT2D eigenvalue weighted by Crippen LogP contribution is 2.26. The lowest BCUT2D eigenvalue weighted by atomic mass is 9.98. The van der Waals surface area contributed by atoms with Crippen molar-refractivity contribution in [1.29, 1.82) is 5.26 Å². The third kappa shape index (κ3) is 4.29. The van der Waals surface area contributed by atoms with Gasteiger partial charge in [0.25, 0.3) is 0 Å². The largest absolute Gasteiger partial charge is 0.492 e. The molecular formula is C18H22N4O3. The number of ether oxygens (including phenoxy) is 2. The fourth-order valence-electron chi connectivity index (χ4n) is 2.09. The maximum atomic E-state index is 11.8. The number of carbonyl (C=O) groups is 1. The molecule has 25 heavy (non-hydrogen) atoms. The van der Waals surface area contributed by atoms with E-state index in [1.54, 1.807) is 25.1 Å². The van der Waals surface area contributed by atoms with Crippen LogP contribution in [0.3, 0.4) is 0 Å². The van der Waals surface area contributed by atoms with Crippen LogP contribution in [0.4, 0.5) is 5.82 Å². The minimum Gasteiger partial charge on any atom is -0.492 e. The zero-order chi connectivity index (χ0) is 18.6. The number of anilines is 1. The molecule has 0 bridgehead atoms. The topological polar surface area (TPSA) is 103 Å². The molecule has 0 aliphatic rings. The lowest BCUT2D eigenvalue weighted by molar-refractivity contribution is 0.0527.